The number of fused-ring (bicyclic) bond motifs is 2. The molecule has 1 saturated heterocycles. The molecule has 1 spiro atoms. The summed E-state index contributed by atoms with van der Waals surface area (Å²) in [4.78, 5) is 53.9. The number of sulfonamides is 1. The number of anilines is 1. The van der Waals surface area contributed by atoms with Crippen LogP contribution in [0, 0.1) is 0 Å². The van der Waals surface area contributed by atoms with Gasteiger partial charge in [-0.25, -0.2) is 13.2 Å². The lowest BCUT2D eigenvalue weighted by molar-refractivity contribution is -0.141. The number of hydrogen-bond acceptors (Lipinski definition) is 8. The third kappa shape index (κ3) is 10.2. The zero-order valence-corrected chi connectivity index (χ0v) is 30.7. The summed E-state index contributed by atoms with van der Waals surface area (Å²) in [5.41, 5.74) is 0.314. The van der Waals surface area contributed by atoms with Crippen LogP contribution in [-0.2, 0) is 45.9 Å². The number of piperidine rings is 1. The molecule has 1 fully saturated rings. The average Bonchev–Trinajstić information content (AvgIpc) is 3.36. The Balaban J connectivity index is 1.38. The number of para-hydroxylation sites is 1. The Morgan fingerprint density at radius 2 is 1.56 bits per heavy atom. The van der Waals surface area contributed by atoms with Gasteiger partial charge in [0.15, 0.2) is 0 Å². The summed E-state index contributed by atoms with van der Waals surface area (Å²) < 4.78 is 37.8. The molecule has 4 rings (SSSR count). The zero-order chi connectivity index (χ0) is 36.7. The first-order chi connectivity index (χ1) is 23.4. The Labute approximate surface area is 295 Å². The summed E-state index contributed by atoms with van der Waals surface area (Å²) in [6.45, 7) is 9.81. The van der Waals surface area contributed by atoms with Gasteiger partial charge in [0, 0.05) is 37.0 Å². The molecule has 0 saturated carbocycles. The largest absolute Gasteiger partial charge is 0.450 e. The van der Waals surface area contributed by atoms with Gasteiger partial charge in [0.2, 0.25) is 27.7 Å². The molecule has 2 aliphatic rings. The maximum Gasteiger partial charge on any atom is 0.407 e. The number of hydrogen-bond donors (Lipinski definition) is 3. The molecule has 1 atom stereocenters. The minimum absolute atomic E-state index is 0.0253. The quantitative estimate of drug-likeness (QED) is 0.267. The van der Waals surface area contributed by atoms with Crippen molar-refractivity contribution < 1.29 is 37.1 Å². The van der Waals surface area contributed by atoms with Gasteiger partial charge in [-0.15, -0.1) is 0 Å². The van der Waals surface area contributed by atoms with Crippen molar-refractivity contribution in [3.05, 3.63) is 65.7 Å². The second kappa shape index (κ2) is 15.8. The molecule has 0 aromatic heterocycles. The van der Waals surface area contributed by atoms with E-state index in [1.54, 1.807) is 18.7 Å². The molecule has 2 heterocycles. The fourth-order valence-corrected chi connectivity index (χ4v) is 7.27. The van der Waals surface area contributed by atoms with Crippen LogP contribution >= 0.6 is 0 Å². The van der Waals surface area contributed by atoms with Crippen LogP contribution in [0.1, 0.15) is 71.4 Å². The van der Waals surface area contributed by atoms with E-state index in [1.807, 2.05) is 75.4 Å². The molecule has 4 amide bonds. The smallest absolute Gasteiger partial charge is 0.407 e. The number of amides is 4. The van der Waals surface area contributed by atoms with E-state index >= 15 is 0 Å². The number of carbonyl (C=O) groups excluding carboxylic acids is 4. The van der Waals surface area contributed by atoms with Gasteiger partial charge in [0.05, 0.1) is 31.8 Å². The summed E-state index contributed by atoms with van der Waals surface area (Å²) in [7, 11) is -3.48. The standard InChI is InChI=1S/C36H51N5O8S/c1-34(2,3)39-33(45)49-22-12-17-30(42)38-35(4,5)32(44)37-28(24-48-23-26-13-8-7-9-14-26)31(43)40-20-18-36(19-21-40)25-41(50(6,46)47)29-16-11-10-15-27(29)36/h7-11,13-16,28H,12,17-25H2,1-6H3,(H,37,44)(H,38,42)(H,39,45)/t28-/m1/s1. The molecular weight excluding hydrogens is 662 g/mol. The van der Waals surface area contributed by atoms with Crippen molar-refractivity contribution >= 4 is 39.5 Å². The van der Waals surface area contributed by atoms with Crippen LogP contribution in [0.25, 0.3) is 0 Å². The van der Waals surface area contributed by atoms with Crippen LogP contribution in [0.4, 0.5) is 10.5 Å². The number of alkyl carbamates (subject to hydrolysis) is 1. The van der Waals surface area contributed by atoms with Crippen molar-refractivity contribution in [2.45, 2.75) is 89.4 Å². The van der Waals surface area contributed by atoms with Gasteiger partial charge in [-0.1, -0.05) is 48.5 Å². The van der Waals surface area contributed by atoms with Crippen molar-refractivity contribution in [2.24, 2.45) is 0 Å². The van der Waals surface area contributed by atoms with Gasteiger partial charge in [0.25, 0.3) is 0 Å². The highest BCUT2D eigenvalue weighted by Crippen LogP contribution is 2.47. The van der Waals surface area contributed by atoms with E-state index in [1.165, 1.54) is 10.6 Å². The SMILES string of the molecule is CC(C)(C)NC(=O)OCCCC(=O)NC(C)(C)C(=O)N[C@H](COCc1ccccc1)C(=O)N1CCC2(CC1)CN(S(C)(=O)=O)c1ccccc12. The number of benzene rings is 2. The minimum Gasteiger partial charge on any atom is -0.450 e. The number of nitrogens with zero attached hydrogens (tertiary/aromatic N) is 2. The topological polar surface area (TPSA) is 163 Å². The number of ether oxygens (including phenoxy) is 2. The van der Waals surface area contributed by atoms with Gasteiger partial charge in [-0.2, -0.15) is 0 Å². The lowest BCUT2D eigenvalue weighted by atomic mass is 9.74. The highest BCUT2D eigenvalue weighted by Gasteiger charge is 2.48. The summed E-state index contributed by atoms with van der Waals surface area (Å²) in [6, 6.07) is 15.9. The third-order valence-corrected chi connectivity index (χ3v) is 10.0. The first-order valence-corrected chi connectivity index (χ1v) is 18.8. The maximum absolute atomic E-state index is 14.0. The number of carbonyl (C=O) groups is 4. The van der Waals surface area contributed by atoms with Gasteiger partial charge in [-0.05, 0) is 71.1 Å². The lowest BCUT2D eigenvalue weighted by Gasteiger charge is -2.41. The summed E-state index contributed by atoms with van der Waals surface area (Å²) in [5.74, 6) is -1.29. The van der Waals surface area contributed by atoms with E-state index in [-0.39, 0.29) is 38.6 Å². The molecule has 0 radical (unpaired) electrons. The Kier molecular flexibility index (Phi) is 12.2. The van der Waals surface area contributed by atoms with Crippen LogP contribution in [0.2, 0.25) is 0 Å². The third-order valence-electron chi connectivity index (χ3n) is 8.90. The van der Waals surface area contributed by atoms with Crippen molar-refractivity contribution in [1.82, 2.24) is 20.9 Å². The normalized spacial score (nSPS) is 16.4. The van der Waals surface area contributed by atoms with Crippen LogP contribution in [0.5, 0.6) is 0 Å². The summed E-state index contributed by atoms with van der Waals surface area (Å²) >= 11 is 0. The van der Waals surface area contributed by atoms with E-state index in [2.05, 4.69) is 16.0 Å². The van der Waals surface area contributed by atoms with Gasteiger partial charge in [-0.3, -0.25) is 18.7 Å². The molecular formula is C36H51N5O8S. The van der Waals surface area contributed by atoms with Crippen LogP contribution in [0.3, 0.4) is 0 Å². The van der Waals surface area contributed by atoms with Crippen LogP contribution < -0.4 is 20.3 Å². The minimum atomic E-state index is -3.48. The number of rotatable bonds is 13. The fraction of sp³-hybridized carbons (Fsp3) is 0.556. The van der Waals surface area contributed by atoms with Crippen molar-refractivity contribution in [2.75, 3.05) is 43.4 Å². The van der Waals surface area contributed by atoms with Crippen molar-refractivity contribution in [1.29, 1.82) is 0 Å². The van der Waals surface area contributed by atoms with E-state index in [0.29, 0.717) is 38.2 Å². The van der Waals surface area contributed by atoms with E-state index < -0.39 is 50.5 Å². The van der Waals surface area contributed by atoms with Gasteiger partial charge < -0.3 is 30.3 Å². The molecule has 13 nitrogen and oxygen atoms in total. The van der Waals surface area contributed by atoms with Crippen molar-refractivity contribution in [3.8, 4) is 0 Å². The molecule has 2 aliphatic heterocycles. The van der Waals surface area contributed by atoms with Crippen molar-refractivity contribution in [3.63, 3.8) is 0 Å². The number of nitrogens with one attached hydrogen (secondary N) is 3. The second-order valence-corrected chi connectivity index (χ2v) is 16.6. The van der Waals surface area contributed by atoms with Crippen LogP contribution in [0.15, 0.2) is 54.6 Å². The first-order valence-electron chi connectivity index (χ1n) is 16.9. The maximum atomic E-state index is 14.0. The molecule has 2 aromatic carbocycles. The second-order valence-electron chi connectivity index (χ2n) is 14.7. The predicted octanol–water partition coefficient (Wildman–Crippen LogP) is 3.23. The lowest BCUT2D eigenvalue weighted by Crippen LogP contribution is -2.61. The Hall–Kier alpha value is -4.17. The molecule has 50 heavy (non-hydrogen) atoms. The Bertz CT molecular complexity index is 1630. The van der Waals surface area contributed by atoms with Gasteiger partial charge >= 0.3 is 6.09 Å². The molecule has 0 aliphatic carbocycles. The molecule has 0 bridgehead atoms. The molecule has 14 heteroatoms. The Morgan fingerprint density at radius 3 is 2.20 bits per heavy atom. The van der Waals surface area contributed by atoms with E-state index in [9.17, 15) is 27.6 Å². The van der Waals surface area contributed by atoms with E-state index in [4.69, 9.17) is 9.47 Å². The molecule has 0 unspecified atom stereocenters. The predicted molar refractivity (Wildman–Crippen MR) is 190 cm³/mol. The highest BCUT2D eigenvalue weighted by molar-refractivity contribution is 7.92. The molecule has 3 N–H and O–H groups in total. The first kappa shape index (κ1) is 38.6. The monoisotopic (exact) mass is 713 g/mol. The Morgan fingerprint density at radius 1 is 0.920 bits per heavy atom. The molecule has 2 aromatic rings. The van der Waals surface area contributed by atoms with E-state index in [0.717, 1.165) is 11.1 Å². The van der Waals surface area contributed by atoms with Gasteiger partial charge in [0.1, 0.15) is 11.6 Å². The summed E-state index contributed by atoms with van der Waals surface area (Å²) in [6.07, 6.45) is 2.02. The highest BCUT2D eigenvalue weighted by atomic mass is 32.2. The number of likely N-dealkylation sites (tertiary alicyclic amines) is 1. The zero-order valence-electron chi connectivity index (χ0n) is 29.9. The average molecular weight is 714 g/mol. The molecule has 274 valence electrons. The fourth-order valence-electron chi connectivity index (χ4n) is 6.27. The van der Waals surface area contributed by atoms with Crippen LogP contribution in [-0.4, -0.2) is 93.4 Å². The summed E-state index contributed by atoms with van der Waals surface area (Å²) in [5, 5.41) is 8.22.